The zero-order valence-corrected chi connectivity index (χ0v) is 5.75. The fourth-order valence-corrected chi connectivity index (χ4v) is 0.642. The molecule has 8 heavy (non-hydrogen) atoms. The summed E-state index contributed by atoms with van der Waals surface area (Å²) in [5.74, 6) is 0. The molecule has 0 radical (unpaired) electrons. The largest absolute Gasteiger partial charge is 0.346 e. The second-order valence-corrected chi connectivity index (χ2v) is 2.43. The molecule has 0 amide bonds. The molecule has 0 aliphatic heterocycles. The lowest BCUT2D eigenvalue weighted by molar-refractivity contribution is -0.143. The van der Waals surface area contributed by atoms with E-state index in [0.29, 0.717) is 0 Å². The van der Waals surface area contributed by atoms with Gasteiger partial charge in [-0.1, -0.05) is 0 Å². The Morgan fingerprint density at radius 2 is 2.12 bits per heavy atom. The SMILES string of the molecule is CC(C)O[PH](=O)OO. The van der Waals surface area contributed by atoms with Gasteiger partial charge in [0, 0.05) is 0 Å². The number of hydrogen-bond donors (Lipinski definition) is 1. The lowest BCUT2D eigenvalue weighted by Crippen LogP contribution is -1.94. The van der Waals surface area contributed by atoms with Crippen LogP contribution in [-0.4, -0.2) is 11.4 Å². The Morgan fingerprint density at radius 3 is 2.25 bits per heavy atom. The molecule has 1 atom stereocenters. The quantitative estimate of drug-likeness (QED) is 0.364. The van der Waals surface area contributed by atoms with Crippen molar-refractivity contribution in [1.29, 1.82) is 0 Å². The average Bonchev–Trinajstić information content (AvgIpc) is 1.65. The van der Waals surface area contributed by atoms with Gasteiger partial charge >= 0.3 is 8.25 Å². The van der Waals surface area contributed by atoms with Gasteiger partial charge in [-0.3, -0.25) is 4.57 Å². The molecule has 4 nitrogen and oxygen atoms in total. The Kier molecular flexibility index (Phi) is 4.09. The van der Waals surface area contributed by atoms with Crippen LogP contribution in [0.1, 0.15) is 13.8 Å². The molecule has 1 unspecified atom stereocenters. The molecule has 0 spiro atoms. The molecular formula is C3H9O4P. The van der Waals surface area contributed by atoms with E-state index in [4.69, 9.17) is 5.26 Å². The summed E-state index contributed by atoms with van der Waals surface area (Å²) < 4.78 is 18.0. The van der Waals surface area contributed by atoms with Crippen LogP contribution in [0.2, 0.25) is 0 Å². The monoisotopic (exact) mass is 140 g/mol. The Labute approximate surface area is 48.3 Å². The molecular weight excluding hydrogens is 131 g/mol. The van der Waals surface area contributed by atoms with Crippen LogP contribution in [-0.2, 0) is 13.8 Å². The normalized spacial score (nSPS) is 14.5. The van der Waals surface area contributed by atoms with Gasteiger partial charge in [-0.2, -0.15) is 4.67 Å². The predicted molar refractivity (Wildman–Crippen MR) is 28.9 cm³/mol. The van der Waals surface area contributed by atoms with E-state index in [1.807, 2.05) is 0 Å². The van der Waals surface area contributed by atoms with Gasteiger partial charge in [0.2, 0.25) is 0 Å². The van der Waals surface area contributed by atoms with Crippen molar-refractivity contribution in [2.24, 2.45) is 0 Å². The summed E-state index contributed by atoms with van der Waals surface area (Å²) in [6, 6.07) is 0. The van der Waals surface area contributed by atoms with Gasteiger partial charge in [-0.15, -0.1) is 0 Å². The van der Waals surface area contributed by atoms with Gasteiger partial charge in [-0.25, -0.2) is 5.26 Å². The standard InChI is InChI=1S/C3H9O4P/c1-3(2)6-8(5)7-4/h3-4,8H,1-2H3. The molecule has 0 aliphatic rings. The van der Waals surface area contributed by atoms with E-state index in [9.17, 15) is 4.57 Å². The van der Waals surface area contributed by atoms with E-state index in [0.717, 1.165) is 0 Å². The van der Waals surface area contributed by atoms with Crippen LogP contribution in [0, 0.1) is 0 Å². The minimum atomic E-state index is -2.62. The molecule has 5 heteroatoms. The summed E-state index contributed by atoms with van der Waals surface area (Å²) in [5.41, 5.74) is 0. The van der Waals surface area contributed by atoms with Crippen LogP contribution in [0.3, 0.4) is 0 Å². The Bertz CT molecular complexity index is 81.4. The summed E-state index contributed by atoms with van der Waals surface area (Å²) in [6.07, 6.45) is -0.173. The molecule has 0 saturated heterocycles. The van der Waals surface area contributed by atoms with E-state index in [2.05, 4.69) is 9.20 Å². The number of hydrogen-bond acceptors (Lipinski definition) is 4. The smallest absolute Gasteiger partial charge is 0.306 e. The summed E-state index contributed by atoms with van der Waals surface area (Å²) in [4.78, 5) is 0. The first-order valence-corrected chi connectivity index (χ1v) is 3.41. The second-order valence-electron chi connectivity index (χ2n) is 1.51. The predicted octanol–water partition coefficient (Wildman–Crippen LogP) is 1.29. The third-order valence-electron chi connectivity index (χ3n) is 0.406. The van der Waals surface area contributed by atoms with Gasteiger partial charge in [0.1, 0.15) is 0 Å². The van der Waals surface area contributed by atoms with Crippen LogP contribution in [0.5, 0.6) is 0 Å². The van der Waals surface area contributed by atoms with Crippen LogP contribution in [0.25, 0.3) is 0 Å². The first kappa shape index (κ1) is 8.11. The molecule has 0 saturated carbocycles. The molecule has 0 heterocycles. The average molecular weight is 140 g/mol. The first-order chi connectivity index (χ1) is 3.66. The third-order valence-corrected chi connectivity index (χ3v) is 1.22. The van der Waals surface area contributed by atoms with Gasteiger partial charge in [-0.05, 0) is 13.8 Å². The topological polar surface area (TPSA) is 55.8 Å². The van der Waals surface area contributed by atoms with Gasteiger partial charge in [0.05, 0.1) is 6.10 Å². The lowest BCUT2D eigenvalue weighted by atomic mass is 10.5. The molecule has 50 valence electrons. The molecule has 0 aromatic carbocycles. The van der Waals surface area contributed by atoms with E-state index in [-0.39, 0.29) is 6.10 Å². The molecule has 0 rings (SSSR count). The Balaban J connectivity index is 3.25. The van der Waals surface area contributed by atoms with E-state index in [1.165, 1.54) is 0 Å². The van der Waals surface area contributed by atoms with E-state index in [1.54, 1.807) is 13.8 Å². The summed E-state index contributed by atoms with van der Waals surface area (Å²) >= 11 is 0. The highest BCUT2D eigenvalue weighted by atomic mass is 31.1. The zero-order valence-electron chi connectivity index (χ0n) is 4.75. The molecule has 0 aliphatic carbocycles. The van der Waals surface area contributed by atoms with Crippen molar-refractivity contribution in [3.8, 4) is 0 Å². The lowest BCUT2D eigenvalue weighted by Gasteiger charge is -2.01. The maximum absolute atomic E-state index is 10.1. The van der Waals surface area contributed by atoms with Crippen LogP contribution >= 0.6 is 8.25 Å². The van der Waals surface area contributed by atoms with Gasteiger partial charge in [0.25, 0.3) is 0 Å². The van der Waals surface area contributed by atoms with Crippen molar-refractivity contribution in [2.45, 2.75) is 20.0 Å². The first-order valence-electron chi connectivity index (χ1n) is 2.19. The van der Waals surface area contributed by atoms with E-state index < -0.39 is 8.25 Å². The Hall–Kier alpha value is 0.110. The fourth-order valence-electron chi connectivity index (χ4n) is 0.214. The van der Waals surface area contributed by atoms with Crippen molar-refractivity contribution in [3.05, 3.63) is 0 Å². The summed E-state index contributed by atoms with van der Waals surface area (Å²) in [7, 11) is -2.62. The minimum Gasteiger partial charge on any atom is -0.306 e. The molecule has 0 aromatic rings. The highest BCUT2D eigenvalue weighted by Gasteiger charge is 1.99. The van der Waals surface area contributed by atoms with Gasteiger partial charge < -0.3 is 4.52 Å². The van der Waals surface area contributed by atoms with Crippen molar-refractivity contribution >= 4 is 8.25 Å². The number of rotatable bonds is 3. The molecule has 0 fully saturated rings. The van der Waals surface area contributed by atoms with Crippen molar-refractivity contribution in [3.63, 3.8) is 0 Å². The van der Waals surface area contributed by atoms with Crippen molar-refractivity contribution < 1.29 is 19.0 Å². The molecule has 1 N–H and O–H groups in total. The van der Waals surface area contributed by atoms with Crippen molar-refractivity contribution in [1.82, 2.24) is 0 Å². The van der Waals surface area contributed by atoms with Crippen LogP contribution in [0.15, 0.2) is 0 Å². The zero-order chi connectivity index (χ0) is 6.57. The highest BCUT2D eigenvalue weighted by Crippen LogP contribution is 2.23. The second kappa shape index (κ2) is 4.04. The summed E-state index contributed by atoms with van der Waals surface area (Å²) in [5, 5.41) is 7.69. The van der Waals surface area contributed by atoms with Crippen molar-refractivity contribution in [2.75, 3.05) is 0 Å². The maximum Gasteiger partial charge on any atom is 0.346 e. The van der Waals surface area contributed by atoms with Gasteiger partial charge in [0.15, 0.2) is 0 Å². The Morgan fingerprint density at radius 1 is 1.62 bits per heavy atom. The molecule has 0 aromatic heterocycles. The van der Waals surface area contributed by atoms with E-state index >= 15 is 0 Å². The molecule has 0 bridgehead atoms. The fraction of sp³-hybridized carbons (Fsp3) is 1.00. The van der Waals surface area contributed by atoms with Crippen LogP contribution < -0.4 is 0 Å². The minimum absolute atomic E-state index is 0.173. The summed E-state index contributed by atoms with van der Waals surface area (Å²) in [6.45, 7) is 3.39. The van der Waals surface area contributed by atoms with Crippen LogP contribution in [0.4, 0.5) is 0 Å². The maximum atomic E-state index is 10.1. The third kappa shape index (κ3) is 4.27. The highest BCUT2D eigenvalue weighted by molar-refractivity contribution is 7.33.